The molecule has 1 N–H and O–H groups in total. The van der Waals surface area contributed by atoms with Gasteiger partial charge in [0.25, 0.3) is 0 Å². The standard InChI is InChI=1S/C15H24BrN3/c1-3-12-13(16)15(17-4-2)19-14(18-12)11-9-7-5-6-8-10-11/h11H,3-10H2,1-2H3,(H,17,18,19). The molecule has 0 unspecified atom stereocenters. The van der Waals surface area contributed by atoms with Gasteiger partial charge in [-0.1, -0.05) is 32.6 Å². The fourth-order valence-corrected chi connectivity index (χ4v) is 3.35. The first kappa shape index (κ1) is 14.8. The highest BCUT2D eigenvalue weighted by Crippen LogP contribution is 2.32. The fourth-order valence-electron chi connectivity index (χ4n) is 2.75. The molecule has 0 aromatic carbocycles. The van der Waals surface area contributed by atoms with E-state index in [4.69, 9.17) is 9.97 Å². The second kappa shape index (κ2) is 7.22. The Labute approximate surface area is 124 Å². The molecule has 1 heterocycles. The molecule has 2 rings (SSSR count). The lowest BCUT2D eigenvalue weighted by Gasteiger charge is -2.17. The van der Waals surface area contributed by atoms with Gasteiger partial charge in [0, 0.05) is 12.5 Å². The van der Waals surface area contributed by atoms with Crippen molar-refractivity contribution in [3.8, 4) is 0 Å². The molecule has 19 heavy (non-hydrogen) atoms. The van der Waals surface area contributed by atoms with Gasteiger partial charge in [-0.3, -0.25) is 0 Å². The molecule has 106 valence electrons. The van der Waals surface area contributed by atoms with E-state index in [1.807, 2.05) is 0 Å². The number of rotatable bonds is 4. The monoisotopic (exact) mass is 325 g/mol. The minimum atomic E-state index is 0.554. The van der Waals surface area contributed by atoms with Crippen LogP contribution in [0, 0.1) is 0 Å². The summed E-state index contributed by atoms with van der Waals surface area (Å²) >= 11 is 3.63. The normalized spacial score (nSPS) is 17.2. The van der Waals surface area contributed by atoms with Crippen molar-refractivity contribution in [3.05, 3.63) is 16.0 Å². The van der Waals surface area contributed by atoms with Crippen LogP contribution in [0.4, 0.5) is 5.82 Å². The predicted molar refractivity (Wildman–Crippen MR) is 83.7 cm³/mol. The molecule has 1 aromatic rings. The van der Waals surface area contributed by atoms with E-state index in [1.165, 1.54) is 38.5 Å². The van der Waals surface area contributed by atoms with Crippen LogP contribution < -0.4 is 5.32 Å². The number of anilines is 1. The minimum absolute atomic E-state index is 0.554. The van der Waals surface area contributed by atoms with Gasteiger partial charge >= 0.3 is 0 Å². The second-order valence-electron chi connectivity index (χ2n) is 5.26. The van der Waals surface area contributed by atoms with Gasteiger partial charge in [-0.15, -0.1) is 0 Å². The van der Waals surface area contributed by atoms with Crippen molar-refractivity contribution in [1.82, 2.24) is 9.97 Å². The van der Waals surface area contributed by atoms with Gasteiger partial charge in [0.05, 0.1) is 10.2 Å². The molecule has 1 fully saturated rings. The molecule has 1 saturated carbocycles. The van der Waals surface area contributed by atoms with Crippen LogP contribution >= 0.6 is 15.9 Å². The van der Waals surface area contributed by atoms with Crippen LogP contribution in [0.1, 0.15) is 69.8 Å². The Morgan fingerprint density at radius 3 is 2.37 bits per heavy atom. The smallest absolute Gasteiger partial charge is 0.144 e. The largest absolute Gasteiger partial charge is 0.369 e. The molecule has 0 amide bonds. The lowest BCUT2D eigenvalue weighted by atomic mass is 9.99. The van der Waals surface area contributed by atoms with Gasteiger partial charge in [-0.25, -0.2) is 9.97 Å². The third-order valence-electron chi connectivity index (χ3n) is 3.84. The van der Waals surface area contributed by atoms with Gasteiger partial charge in [0.2, 0.25) is 0 Å². The average molecular weight is 326 g/mol. The molecule has 0 radical (unpaired) electrons. The van der Waals surface area contributed by atoms with Crippen molar-refractivity contribution in [2.75, 3.05) is 11.9 Å². The fraction of sp³-hybridized carbons (Fsp3) is 0.733. The molecule has 4 heteroatoms. The highest BCUT2D eigenvalue weighted by molar-refractivity contribution is 9.10. The van der Waals surface area contributed by atoms with Gasteiger partial charge in [-0.05, 0) is 42.1 Å². The maximum atomic E-state index is 4.80. The molecule has 3 nitrogen and oxygen atoms in total. The van der Waals surface area contributed by atoms with Crippen molar-refractivity contribution >= 4 is 21.7 Å². The van der Waals surface area contributed by atoms with Crippen molar-refractivity contribution < 1.29 is 0 Å². The lowest BCUT2D eigenvalue weighted by Crippen LogP contribution is -2.11. The topological polar surface area (TPSA) is 37.8 Å². The molecule has 0 aliphatic heterocycles. The number of aryl methyl sites for hydroxylation is 1. The summed E-state index contributed by atoms with van der Waals surface area (Å²) in [4.78, 5) is 9.57. The Balaban J connectivity index is 2.30. The van der Waals surface area contributed by atoms with Crippen LogP contribution in [0.5, 0.6) is 0 Å². The number of hydrogen-bond donors (Lipinski definition) is 1. The van der Waals surface area contributed by atoms with Crippen molar-refractivity contribution in [3.63, 3.8) is 0 Å². The Morgan fingerprint density at radius 1 is 1.11 bits per heavy atom. The quantitative estimate of drug-likeness (QED) is 0.817. The number of halogens is 1. The molecule has 1 aliphatic rings. The summed E-state index contributed by atoms with van der Waals surface area (Å²) in [5, 5.41) is 3.35. The first-order valence-corrected chi connectivity index (χ1v) is 8.35. The summed E-state index contributed by atoms with van der Waals surface area (Å²) in [6.45, 7) is 5.15. The van der Waals surface area contributed by atoms with Gasteiger partial charge < -0.3 is 5.32 Å². The summed E-state index contributed by atoms with van der Waals surface area (Å²) in [6, 6.07) is 0. The van der Waals surface area contributed by atoms with Crippen LogP contribution in [0.25, 0.3) is 0 Å². The molecule has 1 aromatic heterocycles. The van der Waals surface area contributed by atoms with Crippen LogP contribution in [0.2, 0.25) is 0 Å². The lowest BCUT2D eigenvalue weighted by molar-refractivity contribution is 0.557. The van der Waals surface area contributed by atoms with E-state index in [0.717, 1.165) is 34.8 Å². The molecule has 0 spiro atoms. The third-order valence-corrected chi connectivity index (χ3v) is 4.67. The highest BCUT2D eigenvalue weighted by atomic mass is 79.9. The van der Waals surface area contributed by atoms with Crippen LogP contribution in [0.15, 0.2) is 4.47 Å². The van der Waals surface area contributed by atoms with Crippen molar-refractivity contribution in [2.24, 2.45) is 0 Å². The minimum Gasteiger partial charge on any atom is -0.369 e. The zero-order chi connectivity index (χ0) is 13.7. The first-order valence-electron chi connectivity index (χ1n) is 7.56. The SMILES string of the molecule is CCNc1nc(C2CCCCCC2)nc(CC)c1Br. The summed E-state index contributed by atoms with van der Waals surface area (Å²) < 4.78 is 1.04. The van der Waals surface area contributed by atoms with Gasteiger partial charge in [0.15, 0.2) is 0 Å². The van der Waals surface area contributed by atoms with Crippen molar-refractivity contribution in [1.29, 1.82) is 0 Å². The first-order chi connectivity index (χ1) is 9.26. The van der Waals surface area contributed by atoms with Crippen LogP contribution in [-0.2, 0) is 6.42 Å². The van der Waals surface area contributed by atoms with E-state index in [-0.39, 0.29) is 0 Å². The second-order valence-corrected chi connectivity index (χ2v) is 6.06. The number of hydrogen-bond acceptors (Lipinski definition) is 3. The Kier molecular flexibility index (Phi) is 5.61. The summed E-state index contributed by atoms with van der Waals surface area (Å²) in [6.07, 6.45) is 8.82. The zero-order valence-electron chi connectivity index (χ0n) is 12.0. The zero-order valence-corrected chi connectivity index (χ0v) is 13.6. The number of nitrogens with zero attached hydrogens (tertiary/aromatic N) is 2. The molecular weight excluding hydrogens is 302 g/mol. The van der Waals surface area contributed by atoms with E-state index < -0.39 is 0 Å². The Bertz CT molecular complexity index is 412. The summed E-state index contributed by atoms with van der Waals surface area (Å²) in [5.41, 5.74) is 1.13. The average Bonchev–Trinajstić information content (AvgIpc) is 2.70. The van der Waals surface area contributed by atoms with Crippen molar-refractivity contribution in [2.45, 2.75) is 64.7 Å². The molecule has 0 saturated heterocycles. The summed E-state index contributed by atoms with van der Waals surface area (Å²) in [7, 11) is 0. The third kappa shape index (κ3) is 3.68. The van der Waals surface area contributed by atoms with E-state index in [9.17, 15) is 0 Å². The number of aromatic nitrogens is 2. The maximum absolute atomic E-state index is 4.80. The van der Waals surface area contributed by atoms with Crippen LogP contribution in [-0.4, -0.2) is 16.5 Å². The highest BCUT2D eigenvalue weighted by Gasteiger charge is 2.20. The predicted octanol–water partition coefficient (Wildman–Crippen LogP) is 4.67. The molecule has 1 aliphatic carbocycles. The Hall–Kier alpha value is -0.640. The van der Waals surface area contributed by atoms with E-state index in [1.54, 1.807) is 0 Å². The maximum Gasteiger partial charge on any atom is 0.144 e. The van der Waals surface area contributed by atoms with Gasteiger partial charge in [-0.2, -0.15) is 0 Å². The van der Waals surface area contributed by atoms with Crippen LogP contribution in [0.3, 0.4) is 0 Å². The Morgan fingerprint density at radius 2 is 1.79 bits per heavy atom. The number of nitrogens with one attached hydrogen (secondary N) is 1. The summed E-state index contributed by atoms with van der Waals surface area (Å²) in [5.74, 6) is 2.57. The van der Waals surface area contributed by atoms with E-state index in [0.29, 0.717) is 5.92 Å². The molecule has 0 bridgehead atoms. The van der Waals surface area contributed by atoms with E-state index >= 15 is 0 Å². The van der Waals surface area contributed by atoms with E-state index in [2.05, 4.69) is 35.1 Å². The van der Waals surface area contributed by atoms with Gasteiger partial charge in [0.1, 0.15) is 11.6 Å². The molecule has 0 atom stereocenters. The molecular formula is C15H24BrN3.